The van der Waals surface area contributed by atoms with Crippen molar-refractivity contribution < 1.29 is 0 Å². The first-order valence-electron chi connectivity index (χ1n) is 3.76. The Hall–Kier alpha value is -1.71. The SMILES string of the molecule is c1cc2[nH]ncc2c2c1=NCN=2. The van der Waals surface area contributed by atoms with Gasteiger partial charge >= 0.3 is 0 Å². The van der Waals surface area contributed by atoms with Gasteiger partial charge in [-0.25, -0.2) is 0 Å². The molecule has 0 saturated carbocycles. The summed E-state index contributed by atoms with van der Waals surface area (Å²) in [4.78, 5) is 8.49. The minimum Gasteiger partial charge on any atom is -0.278 e. The highest BCUT2D eigenvalue weighted by atomic mass is 15.1. The summed E-state index contributed by atoms with van der Waals surface area (Å²) in [5, 5.41) is 9.86. The predicted molar refractivity (Wildman–Crippen MR) is 43.3 cm³/mol. The van der Waals surface area contributed by atoms with Crippen LogP contribution >= 0.6 is 0 Å². The Labute approximate surface area is 67.7 Å². The number of fused-ring (bicyclic) bond motifs is 3. The molecule has 0 fully saturated rings. The van der Waals surface area contributed by atoms with Crippen molar-refractivity contribution in [3.63, 3.8) is 0 Å². The normalized spacial score (nSPS) is 14.0. The predicted octanol–water partition coefficient (Wildman–Crippen LogP) is -0.227. The number of hydrogen-bond acceptors (Lipinski definition) is 3. The van der Waals surface area contributed by atoms with E-state index in [2.05, 4.69) is 20.2 Å². The first-order chi connectivity index (χ1) is 5.95. The molecule has 0 radical (unpaired) electrons. The highest BCUT2D eigenvalue weighted by Gasteiger charge is 2.02. The van der Waals surface area contributed by atoms with Crippen LogP contribution in [0.2, 0.25) is 0 Å². The molecule has 0 bridgehead atoms. The average Bonchev–Trinajstić information content (AvgIpc) is 2.71. The van der Waals surface area contributed by atoms with Gasteiger partial charge < -0.3 is 0 Å². The Kier molecular flexibility index (Phi) is 0.935. The van der Waals surface area contributed by atoms with E-state index in [1.54, 1.807) is 6.20 Å². The monoisotopic (exact) mass is 158 g/mol. The second-order valence-electron chi connectivity index (χ2n) is 2.72. The maximum absolute atomic E-state index is 4.27. The molecular weight excluding hydrogens is 152 g/mol. The van der Waals surface area contributed by atoms with Gasteiger partial charge in [-0.05, 0) is 12.1 Å². The van der Waals surface area contributed by atoms with E-state index in [4.69, 9.17) is 0 Å². The van der Waals surface area contributed by atoms with Crippen molar-refractivity contribution in [1.29, 1.82) is 0 Å². The van der Waals surface area contributed by atoms with Gasteiger partial charge in [-0.1, -0.05) is 0 Å². The van der Waals surface area contributed by atoms with Crippen LogP contribution < -0.4 is 10.7 Å². The molecule has 4 nitrogen and oxygen atoms in total. The van der Waals surface area contributed by atoms with E-state index in [-0.39, 0.29) is 0 Å². The van der Waals surface area contributed by atoms with Gasteiger partial charge in [-0.15, -0.1) is 0 Å². The molecule has 0 spiro atoms. The van der Waals surface area contributed by atoms with Gasteiger partial charge in [-0.2, -0.15) is 5.10 Å². The zero-order valence-corrected chi connectivity index (χ0v) is 6.28. The highest BCUT2D eigenvalue weighted by molar-refractivity contribution is 5.77. The lowest BCUT2D eigenvalue weighted by Crippen LogP contribution is -2.21. The van der Waals surface area contributed by atoms with E-state index < -0.39 is 0 Å². The van der Waals surface area contributed by atoms with Gasteiger partial charge in [0.2, 0.25) is 0 Å². The molecule has 0 saturated heterocycles. The Balaban J connectivity index is 2.73. The summed E-state index contributed by atoms with van der Waals surface area (Å²) in [5.41, 5.74) is 1.02. The van der Waals surface area contributed by atoms with E-state index in [0.717, 1.165) is 21.6 Å². The lowest BCUT2D eigenvalue weighted by molar-refractivity contribution is 1.06. The van der Waals surface area contributed by atoms with Gasteiger partial charge in [0.05, 0.1) is 22.4 Å². The topological polar surface area (TPSA) is 53.4 Å². The van der Waals surface area contributed by atoms with Crippen LogP contribution in [-0.2, 0) is 0 Å². The minimum atomic E-state index is 0.555. The van der Waals surface area contributed by atoms with Crippen LogP contribution in [0.15, 0.2) is 28.3 Å². The number of rotatable bonds is 0. The molecule has 2 heterocycles. The summed E-state index contributed by atoms with van der Waals surface area (Å²) in [7, 11) is 0. The van der Waals surface area contributed by atoms with Crippen LogP contribution in [0.5, 0.6) is 0 Å². The highest BCUT2D eigenvalue weighted by Crippen LogP contribution is 2.01. The van der Waals surface area contributed by atoms with Gasteiger partial charge in [0, 0.05) is 5.39 Å². The van der Waals surface area contributed by atoms with Crippen molar-refractivity contribution in [1.82, 2.24) is 10.2 Å². The summed E-state index contributed by atoms with van der Waals surface area (Å²) < 4.78 is 0. The molecule has 12 heavy (non-hydrogen) atoms. The van der Waals surface area contributed by atoms with E-state index in [0.29, 0.717) is 6.67 Å². The van der Waals surface area contributed by atoms with Gasteiger partial charge in [0.25, 0.3) is 0 Å². The van der Waals surface area contributed by atoms with E-state index in [9.17, 15) is 0 Å². The molecule has 0 aliphatic carbocycles. The molecular formula is C8H6N4. The van der Waals surface area contributed by atoms with Crippen molar-refractivity contribution in [2.24, 2.45) is 9.98 Å². The molecule has 3 rings (SSSR count). The molecule has 0 unspecified atom stereocenters. The zero-order valence-electron chi connectivity index (χ0n) is 6.28. The van der Waals surface area contributed by atoms with Crippen LogP contribution in [0.25, 0.3) is 10.9 Å². The van der Waals surface area contributed by atoms with Crippen molar-refractivity contribution in [2.45, 2.75) is 0 Å². The summed E-state index contributed by atoms with van der Waals surface area (Å²) in [6.45, 7) is 0.555. The largest absolute Gasteiger partial charge is 0.278 e. The second-order valence-corrected chi connectivity index (χ2v) is 2.72. The zero-order chi connectivity index (χ0) is 7.97. The van der Waals surface area contributed by atoms with Crippen molar-refractivity contribution in [2.75, 3.05) is 6.67 Å². The lowest BCUT2D eigenvalue weighted by atomic mass is 10.2. The molecule has 1 N–H and O–H groups in total. The average molecular weight is 158 g/mol. The molecule has 1 aliphatic heterocycles. The van der Waals surface area contributed by atoms with Gasteiger partial charge in [0.15, 0.2) is 0 Å². The van der Waals surface area contributed by atoms with Crippen LogP contribution in [0.4, 0.5) is 0 Å². The molecule has 1 aliphatic rings. The van der Waals surface area contributed by atoms with Crippen LogP contribution in [0, 0.1) is 0 Å². The molecule has 1 aromatic heterocycles. The first kappa shape index (κ1) is 5.88. The number of nitrogens with one attached hydrogen (secondary N) is 1. The summed E-state index contributed by atoms with van der Waals surface area (Å²) in [6, 6.07) is 3.94. The summed E-state index contributed by atoms with van der Waals surface area (Å²) in [5.74, 6) is 0. The Morgan fingerprint density at radius 2 is 2.25 bits per heavy atom. The molecule has 0 amide bonds. The standard InChI is InChI=1S/C8H6N4/c1-2-7-8(10-4-9-7)5-3-11-12-6(1)5/h1-3H,4H2,(H,11,12). The molecule has 58 valence electrons. The Morgan fingerprint density at radius 3 is 3.25 bits per heavy atom. The fourth-order valence-electron chi connectivity index (χ4n) is 1.47. The van der Waals surface area contributed by atoms with Crippen LogP contribution in [0.3, 0.4) is 0 Å². The van der Waals surface area contributed by atoms with E-state index in [1.807, 2.05) is 12.1 Å². The van der Waals surface area contributed by atoms with Gasteiger partial charge in [0.1, 0.15) is 6.67 Å². The van der Waals surface area contributed by atoms with Crippen molar-refractivity contribution >= 4 is 10.9 Å². The summed E-state index contributed by atoms with van der Waals surface area (Å²) >= 11 is 0. The minimum absolute atomic E-state index is 0.555. The quantitative estimate of drug-likeness (QED) is 0.566. The number of aromatic amines is 1. The maximum Gasteiger partial charge on any atom is 0.130 e. The summed E-state index contributed by atoms with van der Waals surface area (Å²) in [6.07, 6.45) is 1.79. The van der Waals surface area contributed by atoms with Crippen LogP contribution in [0.1, 0.15) is 0 Å². The van der Waals surface area contributed by atoms with Crippen molar-refractivity contribution in [3.8, 4) is 0 Å². The molecule has 1 aromatic carbocycles. The number of H-pyrrole nitrogens is 1. The fourth-order valence-corrected chi connectivity index (χ4v) is 1.47. The second kappa shape index (κ2) is 1.91. The van der Waals surface area contributed by atoms with Crippen molar-refractivity contribution in [3.05, 3.63) is 29.0 Å². The Morgan fingerprint density at radius 1 is 1.25 bits per heavy atom. The third kappa shape index (κ3) is 0.592. The van der Waals surface area contributed by atoms with Gasteiger partial charge in [-0.3, -0.25) is 15.1 Å². The molecule has 2 aromatic rings. The smallest absolute Gasteiger partial charge is 0.130 e. The third-order valence-electron chi connectivity index (χ3n) is 2.04. The maximum atomic E-state index is 4.27. The third-order valence-corrected chi connectivity index (χ3v) is 2.04. The number of benzene rings is 1. The van der Waals surface area contributed by atoms with E-state index >= 15 is 0 Å². The number of nitrogens with zero attached hydrogens (tertiary/aromatic N) is 3. The fraction of sp³-hybridized carbons (Fsp3) is 0.125. The van der Waals surface area contributed by atoms with E-state index in [1.165, 1.54) is 0 Å². The number of aromatic nitrogens is 2. The lowest BCUT2D eigenvalue weighted by Gasteiger charge is -1.84. The Bertz CT molecular complexity index is 552. The molecule has 0 atom stereocenters. The molecule has 4 heteroatoms. The van der Waals surface area contributed by atoms with Crippen LogP contribution in [-0.4, -0.2) is 16.9 Å². The number of hydrogen-bond donors (Lipinski definition) is 1. The first-order valence-corrected chi connectivity index (χ1v) is 3.76.